The van der Waals surface area contributed by atoms with E-state index in [1.165, 1.54) is 21.0 Å². The number of alkyl halides is 3. The summed E-state index contributed by atoms with van der Waals surface area (Å²) in [6, 6.07) is 3.61. The molecule has 0 spiro atoms. The Balaban J connectivity index is 3.03. The van der Waals surface area contributed by atoms with Gasteiger partial charge < -0.3 is 10.1 Å². The monoisotopic (exact) mass is 353 g/mol. The third-order valence-corrected chi connectivity index (χ3v) is 5.91. The Labute approximate surface area is 132 Å². The predicted molar refractivity (Wildman–Crippen MR) is 77.7 cm³/mol. The predicted octanol–water partition coefficient (Wildman–Crippen LogP) is 3.00. The third kappa shape index (κ3) is 4.60. The quantitative estimate of drug-likeness (QED) is 0.883. The SMILES string of the molecule is COC(=O)NCCC(C)(C)S(=O)(=O)c1cccc(C(F)(F)F)c1. The van der Waals surface area contributed by atoms with Crippen LogP contribution in [0.2, 0.25) is 0 Å². The minimum absolute atomic E-state index is 0.0118. The lowest BCUT2D eigenvalue weighted by atomic mass is 10.1. The Kier molecular flexibility index (Phi) is 5.68. The number of halogens is 3. The zero-order valence-corrected chi connectivity index (χ0v) is 13.7. The highest BCUT2D eigenvalue weighted by Crippen LogP contribution is 2.33. The third-order valence-electron chi connectivity index (χ3n) is 3.38. The van der Waals surface area contributed by atoms with E-state index in [1.807, 2.05) is 0 Å². The fourth-order valence-electron chi connectivity index (χ4n) is 1.83. The second kappa shape index (κ2) is 6.77. The van der Waals surface area contributed by atoms with Gasteiger partial charge in [0.2, 0.25) is 0 Å². The summed E-state index contributed by atoms with van der Waals surface area (Å²) in [6.07, 6.45) is -5.32. The molecule has 0 saturated heterocycles. The lowest BCUT2D eigenvalue weighted by Crippen LogP contribution is -2.37. The van der Waals surface area contributed by atoms with Gasteiger partial charge in [0, 0.05) is 6.54 Å². The molecule has 1 rings (SSSR count). The highest BCUT2D eigenvalue weighted by atomic mass is 32.2. The molecule has 0 atom stereocenters. The number of sulfone groups is 1. The van der Waals surface area contributed by atoms with Crippen molar-refractivity contribution in [3.63, 3.8) is 0 Å². The van der Waals surface area contributed by atoms with Gasteiger partial charge in [-0.1, -0.05) is 6.07 Å². The summed E-state index contributed by atoms with van der Waals surface area (Å²) in [6.45, 7) is 2.79. The summed E-state index contributed by atoms with van der Waals surface area (Å²) in [5, 5.41) is 2.34. The van der Waals surface area contributed by atoms with E-state index in [-0.39, 0.29) is 13.0 Å². The first-order valence-corrected chi connectivity index (χ1v) is 8.14. The van der Waals surface area contributed by atoms with Gasteiger partial charge >= 0.3 is 12.3 Å². The van der Waals surface area contributed by atoms with Crippen LogP contribution in [0.25, 0.3) is 0 Å². The van der Waals surface area contributed by atoms with E-state index < -0.39 is 37.3 Å². The number of nitrogens with one attached hydrogen (secondary N) is 1. The Hall–Kier alpha value is -1.77. The molecule has 0 heterocycles. The van der Waals surface area contributed by atoms with Gasteiger partial charge in [-0.3, -0.25) is 0 Å². The molecule has 0 aliphatic heterocycles. The molecule has 1 aromatic carbocycles. The first-order valence-electron chi connectivity index (χ1n) is 6.65. The van der Waals surface area contributed by atoms with Crippen molar-refractivity contribution in [3.8, 4) is 0 Å². The van der Waals surface area contributed by atoms with Crippen molar-refractivity contribution in [2.24, 2.45) is 0 Å². The first kappa shape index (κ1) is 19.3. The van der Waals surface area contributed by atoms with Gasteiger partial charge in [-0.15, -0.1) is 0 Å². The first-order chi connectivity index (χ1) is 10.4. The van der Waals surface area contributed by atoms with Gasteiger partial charge in [0.05, 0.1) is 22.3 Å². The van der Waals surface area contributed by atoms with Crippen molar-refractivity contribution in [3.05, 3.63) is 29.8 Å². The van der Waals surface area contributed by atoms with Crippen LogP contribution in [0.5, 0.6) is 0 Å². The highest BCUT2D eigenvalue weighted by molar-refractivity contribution is 7.92. The maximum Gasteiger partial charge on any atom is 0.416 e. The van der Waals surface area contributed by atoms with E-state index in [2.05, 4.69) is 10.1 Å². The van der Waals surface area contributed by atoms with Crippen molar-refractivity contribution in [2.75, 3.05) is 13.7 Å². The van der Waals surface area contributed by atoms with Crippen molar-refractivity contribution < 1.29 is 31.1 Å². The van der Waals surface area contributed by atoms with Gasteiger partial charge in [-0.05, 0) is 38.5 Å². The van der Waals surface area contributed by atoms with Gasteiger partial charge in [0.25, 0.3) is 0 Å². The lowest BCUT2D eigenvalue weighted by Gasteiger charge is -2.25. The molecule has 1 amide bonds. The maximum absolute atomic E-state index is 12.7. The summed E-state index contributed by atoms with van der Waals surface area (Å²) in [5.41, 5.74) is -1.03. The van der Waals surface area contributed by atoms with Crippen molar-refractivity contribution in [2.45, 2.75) is 36.1 Å². The van der Waals surface area contributed by atoms with Gasteiger partial charge in [0.1, 0.15) is 0 Å². The average molecular weight is 353 g/mol. The normalized spacial score (nSPS) is 12.8. The molecule has 130 valence electrons. The van der Waals surface area contributed by atoms with Gasteiger partial charge in [-0.25, -0.2) is 13.2 Å². The summed E-state index contributed by atoms with van der Waals surface area (Å²) in [7, 11) is -2.85. The second-order valence-corrected chi connectivity index (χ2v) is 8.04. The fourth-order valence-corrected chi connectivity index (χ4v) is 3.38. The molecular weight excluding hydrogens is 335 g/mol. The van der Waals surface area contributed by atoms with Crippen LogP contribution in [0.15, 0.2) is 29.2 Å². The largest absolute Gasteiger partial charge is 0.453 e. The molecule has 0 aliphatic rings. The average Bonchev–Trinajstić information content (AvgIpc) is 2.45. The molecule has 0 unspecified atom stereocenters. The van der Waals surface area contributed by atoms with E-state index in [9.17, 15) is 26.4 Å². The summed E-state index contributed by atoms with van der Waals surface area (Å²) in [5.74, 6) is 0. The zero-order chi connectivity index (χ0) is 17.9. The molecule has 0 fully saturated rings. The van der Waals surface area contributed by atoms with E-state index in [4.69, 9.17) is 0 Å². The molecular formula is C14H18F3NO4S. The standard InChI is InChI=1S/C14H18F3NO4S/c1-13(2,7-8-18-12(19)22-3)23(20,21)11-6-4-5-10(9-11)14(15,16)17/h4-6,9H,7-8H2,1-3H3,(H,18,19). The van der Waals surface area contributed by atoms with Crippen LogP contribution in [0.1, 0.15) is 25.8 Å². The number of ether oxygens (including phenoxy) is 1. The zero-order valence-electron chi connectivity index (χ0n) is 12.9. The molecule has 0 aromatic heterocycles. The number of amides is 1. The number of rotatable bonds is 5. The lowest BCUT2D eigenvalue weighted by molar-refractivity contribution is -0.137. The number of hydrogen-bond donors (Lipinski definition) is 1. The molecule has 0 saturated carbocycles. The van der Waals surface area contributed by atoms with Crippen LogP contribution in [-0.4, -0.2) is 32.9 Å². The molecule has 0 radical (unpaired) electrons. The Bertz CT molecular complexity index is 669. The molecule has 5 nitrogen and oxygen atoms in total. The number of methoxy groups -OCH3 is 1. The fraction of sp³-hybridized carbons (Fsp3) is 0.500. The van der Waals surface area contributed by atoms with Gasteiger partial charge in [0.15, 0.2) is 9.84 Å². The van der Waals surface area contributed by atoms with E-state index in [1.54, 1.807) is 0 Å². The van der Waals surface area contributed by atoms with Crippen LogP contribution in [0, 0.1) is 0 Å². The van der Waals surface area contributed by atoms with Crippen LogP contribution < -0.4 is 5.32 Å². The van der Waals surface area contributed by atoms with Crippen LogP contribution in [0.4, 0.5) is 18.0 Å². The smallest absolute Gasteiger partial charge is 0.416 e. The molecule has 9 heteroatoms. The molecule has 1 N–H and O–H groups in total. The van der Waals surface area contributed by atoms with Gasteiger partial charge in [-0.2, -0.15) is 13.2 Å². The summed E-state index contributed by atoms with van der Waals surface area (Å²) >= 11 is 0. The molecule has 1 aromatic rings. The minimum atomic E-state index is -4.62. The van der Waals surface area contributed by atoms with Crippen LogP contribution in [-0.2, 0) is 20.8 Å². The molecule has 23 heavy (non-hydrogen) atoms. The van der Waals surface area contributed by atoms with Crippen LogP contribution >= 0.6 is 0 Å². The minimum Gasteiger partial charge on any atom is -0.453 e. The number of benzene rings is 1. The number of alkyl carbamates (subject to hydrolysis) is 1. The summed E-state index contributed by atoms with van der Waals surface area (Å²) in [4.78, 5) is 10.6. The highest BCUT2D eigenvalue weighted by Gasteiger charge is 2.37. The van der Waals surface area contributed by atoms with E-state index in [0.717, 1.165) is 18.2 Å². The van der Waals surface area contributed by atoms with Crippen LogP contribution in [0.3, 0.4) is 0 Å². The van der Waals surface area contributed by atoms with Crippen molar-refractivity contribution in [1.29, 1.82) is 0 Å². The number of carbonyl (C=O) groups excluding carboxylic acids is 1. The Morgan fingerprint density at radius 3 is 2.39 bits per heavy atom. The summed E-state index contributed by atoms with van der Waals surface area (Å²) < 4.78 is 66.3. The van der Waals surface area contributed by atoms with Crippen molar-refractivity contribution >= 4 is 15.9 Å². The topological polar surface area (TPSA) is 72.5 Å². The number of carbonyl (C=O) groups is 1. The van der Waals surface area contributed by atoms with Crippen molar-refractivity contribution in [1.82, 2.24) is 5.32 Å². The van der Waals surface area contributed by atoms with E-state index in [0.29, 0.717) is 6.07 Å². The Morgan fingerprint density at radius 2 is 1.87 bits per heavy atom. The Morgan fingerprint density at radius 1 is 1.26 bits per heavy atom. The number of hydrogen-bond acceptors (Lipinski definition) is 4. The second-order valence-electron chi connectivity index (χ2n) is 5.46. The molecule has 0 aliphatic carbocycles. The maximum atomic E-state index is 12.7. The van der Waals surface area contributed by atoms with E-state index >= 15 is 0 Å². The molecule has 0 bridgehead atoms.